The fourth-order valence-corrected chi connectivity index (χ4v) is 3.11. The van der Waals surface area contributed by atoms with Gasteiger partial charge >= 0.3 is 0 Å². The minimum Gasteiger partial charge on any atom is -0.352 e. The number of nitrogens with one attached hydrogen (secondary N) is 2. The monoisotopic (exact) mass is 448 g/mol. The van der Waals surface area contributed by atoms with Gasteiger partial charge in [-0.25, -0.2) is 9.97 Å². The summed E-state index contributed by atoms with van der Waals surface area (Å²) in [5.41, 5.74) is 2.34. The molecule has 3 rings (SSSR count). The van der Waals surface area contributed by atoms with Crippen LogP contribution >= 0.6 is 0 Å². The molecule has 174 valence electrons. The molecule has 0 saturated carbocycles. The van der Waals surface area contributed by atoms with Crippen LogP contribution in [0, 0.1) is 0 Å². The van der Waals surface area contributed by atoms with E-state index in [1.165, 1.54) is 4.68 Å². The average molecular weight is 449 g/mol. The Morgan fingerprint density at radius 3 is 2.15 bits per heavy atom. The predicted molar refractivity (Wildman–Crippen MR) is 129 cm³/mol. The smallest absolute Gasteiger partial charge is 0.252 e. The van der Waals surface area contributed by atoms with Gasteiger partial charge in [0.1, 0.15) is 5.82 Å². The van der Waals surface area contributed by atoms with Crippen molar-refractivity contribution in [3.05, 3.63) is 65.6 Å². The normalized spacial score (nSPS) is 11.8. The number of amides is 2. The Hall–Kier alpha value is -3.55. The van der Waals surface area contributed by atoms with Gasteiger partial charge < -0.3 is 10.6 Å². The van der Waals surface area contributed by atoms with Gasteiger partial charge in [0.2, 0.25) is 5.91 Å². The highest BCUT2D eigenvalue weighted by Gasteiger charge is 2.22. The van der Waals surface area contributed by atoms with Crippen LogP contribution < -0.4 is 10.6 Å². The lowest BCUT2D eigenvalue weighted by molar-refractivity contribution is -0.116. The molecule has 33 heavy (non-hydrogen) atoms. The Labute approximate surface area is 194 Å². The first kappa shape index (κ1) is 24.1. The highest BCUT2D eigenvalue weighted by Crippen LogP contribution is 2.25. The summed E-state index contributed by atoms with van der Waals surface area (Å²) in [6.45, 7) is 12.7. The van der Waals surface area contributed by atoms with Crippen molar-refractivity contribution in [2.45, 2.75) is 58.8 Å². The van der Waals surface area contributed by atoms with Gasteiger partial charge in [0.25, 0.3) is 11.9 Å². The Balaban J connectivity index is 1.62. The maximum Gasteiger partial charge on any atom is 0.252 e. The summed E-state index contributed by atoms with van der Waals surface area (Å²) in [4.78, 5) is 33.5. The summed E-state index contributed by atoms with van der Waals surface area (Å²) in [5, 5.41) is 10.3. The number of hydrogen-bond donors (Lipinski definition) is 2. The van der Waals surface area contributed by atoms with Crippen LogP contribution in [0.3, 0.4) is 0 Å². The zero-order valence-electron chi connectivity index (χ0n) is 20.1. The molecule has 2 aromatic heterocycles. The van der Waals surface area contributed by atoms with Gasteiger partial charge in [0, 0.05) is 42.4 Å². The van der Waals surface area contributed by atoms with Crippen molar-refractivity contribution in [1.29, 1.82) is 0 Å². The second-order valence-corrected chi connectivity index (χ2v) is 10.0. The summed E-state index contributed by atoms with van der Waals surface area (Å²) in [5.74, 6) is 0.410. The molecule has 0 fully saturated rings. The number of anilines is 1. The molecule has 8 nitrogen and oxygen atoms in total. The molecule has 2 heterocycles. The largest absolute Gasteiger partial charge is 0.352 e. The van der Waals surface area contributed by atoms with E-state index < -0.39 is 0 Å². The van der Waals surface area contributed by atoms with Crippen molar-refractivity contribution in [2.75, 3.05) is 11.9 Å². The number of carbonyl (C=O) groups is 2. The van der Waals surface area contributed by atoms with Gasteiger partial charge in [-0.3, -0.25) is 9.59 Å². The SMILES string of the molecule is CC(C)(C)c1ccc(C(=O)NCCC(=O)Nc2cc(C(C)(C)C)nn2-c2ncccn2)cc1. The molecule has 0 aliphatic rings. The first-order valence-corrected chi connectivity index (χ1v) is 11.0. The fourth-order valence-electron chi connectivity index (χ4n) is 3.11. The Kier molecular flexibility index (Phi) is 6.95. The van der Waals surface area contributed by atoms with Gasteiger partial charge in [0.05, 0.1) is 5.69 Å². The van der Waals surface area contributed by atoms with Crippen LogP contribution in [0.5, 0.6) is 0 Å². The summed E-state index contributed by atoms with van der Waals surface area (Å²) in [6.07, 6.45) is 3.36. The predicted octanol–water partition coefficient (Wildman–Crippen LogP) is 4.02. The average Bonchev–Trinajstić information content (AvgIpc) is 3.18. The number of benzene rings is 1. The molecular formula is C25H32N6O2. The number of carbonyl (C=O) groups excluding carboxylic acids is 2. The summed E-state index contributed by atoms with van der Waals surface area (Å²) in [7, 11) is 0. The van der Waals surface area contributed by atoms with Crippen LogP contribution in [0.15, 0.2) is 48.8 Å². The molecular weight excluding hydrogens is 416 g/mol. The zero-order valence-corrected chi connectivity index (χ0v) is 20.1. The maximum atomic E-state index is 12.6. The lowest BCUT2D eigenvalue weighted by atomic mass is 9.87. The molecule has 0 spiro atoms. The van der Waals surface area contributed by atoms with E-state index in [0.29, 0.717) is 17.3 Å². The Bertz CT molecular complexity index is 1110. The molecule has 0 aliphatic carbocycles. The van der Waals surface area contributed by atoms with Gasteiger partial charge in [-0.1, -0.05) is 53.7 Å². The van der Waals surface area contributed by atoms with Crippen LogP contribution in [0.25, 0.3) is 5.95 Å². The van der Waals surface area contributed by atoms with Crippen molar-refractivity contribution in [2.24, 2.45) is 0 Å². The number of hydrogen-bond acceptors (Lipinski definition) is 5. The topological polar surface area (TPSA) is 102 Å². The van der Waals surface area contributed by atoms with Gasteiger partial charge in [-0.2, -0.15) is 9.78 Å². The summed E-state index contributed by atoms with van der Waals surface area (Å²) < 4.78 is 1.52. The van der Waals surface area contributed by atoms with Crippen LogP contribution in [0.2, 0.25) is 0 Å². The molecule has 2 amide bonds. The third kappa shape index (κ3) is 6.25. The Morgan fingerprint density at radius 1 is 0.939 bits per heavy atom. The molecule has 2 N–H and O–H groups in total. The number of rotatable bonds is 6. The standard InChI is InChI=1S/C25H32N6O2/c1-24(2,3)18-10-8-17(9-11-18)22(33)26-15-12-21(32)29-20-16-19(25(4,5)6)30-31(20)23-27-13-7-14-28-23/h7-11,13-14,16H,12,15H2,1-6H3,(H,26,33)(H,29,32). The van der Waals surface area contributed by atoms with Crippen molar-refractivity contribution in [3.8, 4) is 5.95 Å². The second kappa shape index (κ2) is 9.52. The van der Waals surface area contributed by atoms with Gasteiger partial charge in [-0.05, 0) is 29.2 Å². The summed E-state index contributed by atoms with van der Waals surface area (Å²) >= 11 is 0. The second-order valence-electron chi connectivity index (χ2n) is 10.0. The molecule has 0 radical (unpaired) electrons. The van der Waals surface area contributed by atoms with Crippen molar-refractivity contribution in [3.63, 3.8) is 0 Å². The van der Waals surface area contributed by atoms with E-state index >= 15 is 0 Å². The minimum atomic E-state index is -0.240. The van der Waals surface area contributed by atoms with E-state index in [9.17, 15) is 9.59 Å². The van der Waals surface area contributed by atoms with Crippen molar-refractivity contribution in [1.82, 2.24) is 25.1 Å². The van der Waals surface area contributed by atoms with Gasteiger partial charge in [-0.15, -0.1) is 0 Å². The van der Waals surface area contributed by atoms with Crippen molar-refractivity contribution < 1.29 is 9.59 Å². The summed E-state index contributed by atoms with van der Waals surface area (Å²) in [6, 6.07) is 11.1. The zero-order chi connectivity index (χ0) is 24.2. The third-order valence-corrected chi connectivity index (χ3v) is 5.14. The maximum absolute atomic E-state index is 12.6. The third-order valence-electron chi connectivity index (χ3n) is 5.14. The molecule has 8 heteroatoms. The molecule has 1 aromatic carbocycles. The quantitative estimate of drug-likeness (QED) is 0.593. The Morgan fingerprint density at radius 2 is 1.58 bits per heavy atom. The lowest BCUT2D eigenvalue weighted by Gasteiger charge is -2.19. The lowest BCUT2D eigenvalue weighted by Crippen LogP contribution is -2.28. The number of aromatic nitrogens is 4. The first-order valence-electron chi connectivity index (χ1n) is 11.0. The van der Waals surface area contributed by atoms with E-state index in [-0.39, 0.29) is 35.6 Å². The van der Waals surface area contributed by atoms with Crippen LogP contribution in [-0.2, 0) is 15.6 Å². The number of nitrogens with zero attached hydrogens (tertiary/aromatic N) is 4. The highest BCUT2D eigenvalue weighted by molar-refractivity contribution is 5.95. The van der Waals surface area contributed by atoms with E-state index in [1.54, 1.807) is 18.5 Å². The van der Waals surface area contributed by atoms with E-state index in [2.05, 4.69) is 46.5 Å². The molecule has 0 atom stereocenters. The van der Waals surface area contributed by atoms with Crippen LogP contribution in [0.1, 0.15) is 69.6 Å². The fraction of sp³-hybridized carbons (Fsp3) is 0.400. The first-order chi connectivity index (χ1) is 15.4. The van der Waals surface area contributed by atoms with Crippen molar-refractivity contribution >= 4 is 17.6 Å². The van der Waals surface area contributed by atoms with E-state index in [1.807, 2.05) is 51.1 Å². The molecule has 3 aromatic rings. The van der Waals surface area contributed by atoms with E-state index in [0.717, 1.165) is 11.3 Å². The van der Waals surface area contributed by atoms with Crippen LogP contribution in [0.4, 0.5) is 5.82 Å². The molecule has 0 bridgehead atoms. The minimum absolute atomic E-state index is 0.0251. The van der Waals surface area contributed by atoms with Gasteiger partial charge in [0.15, 0.2) is 0 Å². The molecule has 0 unspecified atom stereocenters. The molecule has 0 saturated heterocycles. The van der Waals surface area contributed by atoms with Crippen LogP contribution in [-0.4, -0.2) is 38.1 Å². The van der Waals surface area contributed by atoms with E-state index in [4.69, 9.17) is 0 Å². The molecule has 0 aliphatic heterocycles. The highest BCUT2D eigenvalue weighted by atomic mass is 16.2.